The van der Waals surface area contributed by atoms with Gasteiger partial charge in [-0.2, -0.15) is 70.2 Å². The number of hydrogen-bond donors (Lipinski definition) is 0. The monoisotopic (exact) mass is 604 g/mol. The van der Waals surface area contributed by atoms with Gasteiger partial charge in [-0.3, -0.25) is 0 Å². The van der Waals surface area contributed by atoms with Crippen molar-refractivity contribution in [2.75, 3.05) is 0 Å². The van der Waals surface area contributed by atoms with Crippen molar-refractivity contribution >= 4 is 0 Å². The van der Waals surface area contributed by atoms with Gasteiger partial charge in [0, 0.05) is 0 Å². The molecular weight excluding hydrogens is 582 g/mol. The van der Waals surface area contributed by atoms with E-state index in [1.165, 1.54) is 0 Å². The molecule has 0 radical (unpaired) electrons. The molecule has 0 aliphatic carbocycles. The summed E-state index contributed by atoms with van der Waals surface area (Å²) in [6.45, 7) is 3.23. The van der Waals surface area contributed by atoms with Gasteiger partial charge >= 0.3 is 36.6 Å². The third kappa shape index (κ3) is 8.61. The second kappa shape index (κ2) is 13.0. The molecule has 0 saturated carbocycles. The third-order valence-corrected chi connectivity index (χ3v) is 4.59. The van der Waals surface area contributed by atoms with Crippen LogP contribution in [0.4, 0.5) is 79.0 Å². The lowest BCUT2D eigenvalue weighted by Gasteiger charge is -2.33. The molecule has 0 bridgehead atoms. The summed E-state index contributed by atoms with van der Waals surface area (Å²) in [5.41, 5.74) is -11.5. The van der Waals surface area contributed by atoms with E-state index >= 15 is 0 Å². The van der Waals surface area contributed by atoms with E-state index in [2.05, 4.69) is 0 Å². The Bertz CT molecular complexity index is 688. The summed E-state index contributed by atoms with van der Waals surface area (Å²) in [6.07, 6.45) is -25.9. The predicted octanol–water partition coefficient (Wildman–Crippen LogP) is 10.4. The van der Waals surface area contributed by atoms with Crippen LogP contribution in [0.15, 0.2) is 24.3 Å². The highest BCUT2D eigenvalue weighted by atomic mass is 19.4. The molecular formula is C20H22F18. The fourth-order valence-corrected chi connectivity index (χ4v) is 2.30. The Hall–Kier alpha value is -1.78. The Balaban J connectivity index is 0. The van der Waals surface area contributed by atoms with Crippen molar-refractivity contribution in [1.29, 1.82) is 0 Å². The van der Waals surface area contributed by atoms with Crippen molar-refractivity contribution in [2.24, 2.45) is 0 Å². The van der Waals surface area contributed by atoms with E-state index in [4.69, 9.17) is 0 Å². The second-order valence-electron chi connectivity index (χ2n) is 7.65. The lowest BCUT2D eigenvalue weighted by molar-refractivity contribution is -0.369. The van der Waals surface area contributed by atoms with Gasteiger partial charge in [0.2, 0.25) is 0 Å². The van der Waals surface area contributed by atoms with Gasteiger partial charge in [-0.05, 0) is 25.0 Å². The van der Waals surface area contributed by atoms with Gasteiger partial charge in [-0.1, -0.05) is 51.7 Å². The van der Waals surface area contributed by atoms with Crippen LogP contribution in [0.3, 0.4) is 0 Å². The second-order valence-corrected chi connectivity index (χ2v) is 7.65. The van der Waals surface area contributed by atoms with Crippen LogP contribution in [0.2, 0.25) is 0 Å². The third-order valence-electron chi connectivity index (χ3n) is 4.59. The normalized spacial score (nSPS) is 17.8. The molecule has 228 valence electrons. The minimum Gasteiger partial charge on any atom is -0.222 e. The first-order chi connectivity index (χ1) is 16.6. The summed E-state index contributed by atoms with van der Waals surface area (Å²) in [5.74, 6) is -13.1. The Labute approximate surface area is 204 Å². The highest BCUT2D eigenvalue weighted by Crippen LogP contribution is 2.54. The lowest BCUT2D eigenvalue weighted by atomic mass is 9.95. The summed E-state index contributed by atoms with van der Waals surface area (Å²) >= 11 is 0. The SMILES string of the molecule is CCCCC=CC(F)(C(F)(F)F)C(F)(F)C(F)(F)F.CCCCC=CC(F)(C(F)(F)F)C(F)(F)C(F)(F)F. The molecule has 0 aromatic heterocycles. The van der Waals surface area contributed by atoms with Crippen LogP contribution in [0.1, 0.15) is 52.4 Å². The van der Waals surface area contributed by atoms with Crippen LogP contribution in [0, 0.1) is 0 Å². The molecule has 0 amide bonds. The zero-order valence-electron chi connectivity index (χ0n) is 19.4. The highest BCUT2D eigenvalue weighted by Gasteiger charge is 2.81. The molecule has 38 heavy (non-hydrogen) atoms. The average molecular weight is 604 g/mol. The maximum atomic E-state index is 13.3. The van der Waals surface area contributed by atoms with Gasteiger partial charge in [0.15, 0.2) is 0 Å². The fourth-order valence-electron chi connectivity index (χ4n) is 2.30. The number of unbranched alkanes of at least 4 members (excludes halogenated alkanes) is 4. The molecule has 0 nitrogen and oxygen atoms in total. The van der Waals surface area contributed by atoms with Crippen molar-refractivity contribution in [3.63, 3.8) is 0 Å². The van der Waals surface area contributed by atoms with E-state index in [0.717, 1.165) is 0 Å². The molecule has 0 aliphatic heterocycles. The van der Waals surface area contributed by atoms with Gasteiger partial charge in [-0.15, -0.1) is 0 Å². The quantitative estimate of drug-likeness (QED) is 0.132. The summed E-state index contributed by atoms with van der Waals surface area (Å²) in [6, 6.07) is 0. The van der Waals surface area contributed by atoms with E-state index in [1.807, 2.05) is 0 Å². The number of rotatable bonds is 10. The molecule has 0 aromatic rings. The first-order valence-corrected chi connectivity index (χ1v) is 10.4. The molecule has 0 aromatic carbocycles. The lowest BCUT2D eigenvalue weighted by Crippen LogP contribution is -2.61. The smallest absolute Gasteiger partial charge is 0.222 e. The van der Waals surface area contributed by atoms with Crippen LogP contribution in [0.5, 0.6) is 0 Å². The largest absolute Gasteiger partial charge is 0.457 e. The van der Waals surface area contributed by atoms with Gasteiger partial charge in [0.25, 0.3) is 11.3 Å². The molecule has 0 rings (SSSR count). The van der Waals surface area contributed by atoms with Crippen LogP contribution >= 0.6 is 0 Å². The number of alkyl halides is 18. The van der Waals surface area contributed by atoms with Gasteiger partial charge in [0.05, 0.1) is 0 Å². The van der Waals surface area contributed by atoms with Crippen LogP contribution in [-0.2, 0) is 0 Å². The zero-order chi connectivity index (χ0) is 31.1. The summed E-state index contributed by atoms with van der Waals surface area (Å²) in [5, 5.41) is 0. The fraction of sp³-hybridized carbons (Fsp3) is 0.800. The first kappa shape index (κ1) is 38.4. The van der Waals surface area contributed by atoms with Crippen molar-refractivity contribution in [1.82, 2.24) is 0 Å². The van der Waals surface area contributed by atoms with Gasteiger partial charge in [-0.25, -0.2) is 8.78 Å². The van der Waals surface area contributed by atoms with E-state index in [1.54, 1.807) is 13.8 Å². The van der Waals surface area contributed by atoms with Crippen LogP contribution < -0.4 is 0 Å². The molecule has 0 aliphatic rings. The van der Waals surface area contributed by atoms with Crippen LogP contribution in [0.25, 0.3) is 0 Å². The molecule has 2 unspecified atom stereocenters. The zero-order valence-corrected chi connectivity index (χ0v) is 19.4. The van der Waals surface area contributed by atoms with Crippen molar-refractivity contribution in [2.45, 2.75) is 100 Å². The number of hydrogen-bond acceptors (Lipinski definition) is 0. The molecule has 0 fully saturated rings. The standard InChI is InChI=1S/2C10H11F9/c2*1-2-3-4-5-6-7(11,9(14,15)16)8(12,13)10(17,18)19/h2*5-6H,2-4H2,1H3. The van der Waals surface area contributed by atoms with Gasteiger partial charge in [0.1, 0.15) is 0 Å². The molecule has 2 atom stereocenters. The topological polar surface area (TPSA) is 0 Å². The molecule has 0 N–H and O–H groups in total. The maximum absolute atomic E-state index is 13.3. The maximum Gasteiger partial charge on any atom is 0.457 e. The molecule has 18 heteroatoms. The van der Waals surface area contributed by atoms with Gasteiger partial charge < -0.3 is 0 Å². The summed E-state index contributed by atoms with van der Waals surface area (Å²) in [4.78, 5) is 0. The van der Waals surface area contributed by atoms with E-state index in [9.17, 15) is 79.0 Å². The van der Waals surface area contributed by atoms with Crippen molar-refractivity contribution < 1.29 is 79.0 Å². The molecule has 0 saturated heterocycles. The van der Waals surface area contributed by atoms with Crippen molar-refractivity contribution in [3.05, 3.63) is 24.3 Å². The van der Waals surface area contributed by atoms with Crippen molar-refractivity contribution in [3.8, 4) is 0 Å². The summed E-state index contributed by atoms with van der Waals surface area (Å²) < 4.78 is 222. The minimum atomic E-state index is -6.65. The van der Waals surface area contributed by atoms with E-state index in [0.29, 0.717) is 25.0 Å². The number of halogens is 18. The Kier molecular flexibility index (Phi) is 13.2. The van der Waals surface area contributed by atoms with E-state index < -0.39 is 60.0 Å². The molecule has 0 spiro atoms. The molecule has 0 heterocycles. The minimum absolute atomic E-state index is 0.230. The van der Waals surface area contributed by atoms with E-state index in [-0.39, 0.29) is 25.7 Å². The van der Waals surface area contributed by atoms with Crippen LogP contribution in [-0.4, -0.2) is 47.9 Å². The highest BCUT2D eigenvalue weighted by molar-refractivity contribution is 5.17. The predicted molar refractivity (Wildman–Crippen MR) is 99.1 cm³/mol. The Morgan fingerprint density at radius 1 is 0.395 bits per heavy atom. The number of allylic oxidation sites excluding steroid dienone is 4. The summed E-state index contributed by atoms with van der Waals surface area (Å²) in [7, 11) is 0. The Morgan fingerprint density at radius 2 is 0.632 bits per heavy atom. The first-order valence-electron chi connectivity index (χ1n) is 10.4. The average Bonchev–Trinajstić information content (AvgIpc) is 2.71. The Morgan fingerprint density at radius 3 is 0.789 bits per heavy atom.